The first-order chi connectivity index (χ1) is 7.19. The fourth-order valence-electron chi connectivity index (χ4n) is 2.09. The van der Waals surface area contributed by atoms with Crippen LogP contribution >= 0.6 is 0 Å². The van der Waals surface area contributed by atoms with Crippen LogP contribution in [-0.4, -0.2) is 25.4 Å². The number of aliphatic hydroxyl groups excluding tert-OH is 1. The Morgan fingerprint density at radius 2 is 1.87 bits per heavy atom. The highest BCUT2D eigenvalue weighted by Gasteiger charge is 2.33. The van der Waals surface area contributed by atoms with Crippen LogP contribution in [0.25, 0.3) is 0 Å². The fourth-order valence-corrected chi connectivity index (χ4v) is 2.09. The average Bonchev–Trinajstić information content (AvgIpc) is 2.55. The van der Waals surface area contributed by atoms with E-state index >= 15 is 0 Å². The highest BCUT2D eigenvalue weighted by Crippen LogP contribution is 2.41. The third-order valence-electron chi connectivity index (χ3n) is 2.86. The molecule has 0 spiro atoms. The number of fused-ring (bicyclic) bond motifs is 1. The molecule has 1 aromatic carbocycles. The lowest BCUT2D eigenvalue weighted by Crippen LogP contribution is -2.24. The van der Waals surface area contributed by atoms with E-state index in [1.54, 1.807) is 20.3 Å². The summed E-state index contributed by atoms with van der Waals surface area (Å²) in [6.45, 7) is 0. The molecule has 2 rings (SSSR count). The van der Waals surface area contributed by atoms with Gasteiger partial charge in [-0.25, -0.2) is 0 Å². The summed E-state index contributed by atoms with van der Waals surface area (Å²) < 4.78 is 10.4. The van der Waals surface area contributed by atoms with E-state index in [2.05, 4.69) is 0 Å². The minimum atomic E-state index is -0.662. The standard InChI is InChI=1S/C11H15NO3/c1-14-8-3-4-9(15-2)10-6(8)5-7(12)11(10)13/h3-4,7,11,13H,5,12H2,1-2H3. The molecule has 0 radical (unpaired) electrons. The van der Waals surface area contributed by atoms with Gasteiger partial charge in [0.1, 0.15) is 11.5 Å². The highest BCUT2D eigenvalue weighted by molar-refractivity contribution is 5.53. The molecule has 0 fully saturated rings. The van der Waals surface area contributed by atoms with Crippen molar-refractivity contribution in [3.63, 3.8) is 0 Å². The summed E-state index contributed by atoms with van der Waals surface area (Å²) >= 11 is 0. The van der Waals surface area contributed by atoms with Crippen LogP contribution in [0.2, 0.25) is 0 Å². The van der Waals surface area contributed by atoms with Gasteiger partial charge in [-0.05, 0) is 18.6 Å². The Morgan fingerprint density at radius 3 is 2.47 bits per heavy atom. The van der Waals surface area contributed by atoms with Crippen LogP contribution in [-0.2, 0) is 6.42 Å². The Morgan fingerprint density at radius 1 is 1.27 bits per heavy atom. The van der Waals surface area contributed by atoms with Crippen LogP contribution in [0.3, 0.4) is 0 Å². The summed E-state index contributed by atoms with van der Waals surface area (Å²) in [6, 6.07) is 3.35. The second kappa shape index (κ2) is 3.72. The first kappa shape index (κ1) is 10.3. The molecular formula is C11H15NO3. The molecule has 0 saturated carbocycles. The topological polar surface area (TPSA) is 64.7 Å². The number of benzene rings is 1. The van der Waals surface area contributed by atoms with E-state index in [1.807, 2.05) is 6.07 Å². The van der Waals surface area contributed by atoms with E-state index in [-0.39, 0.29) is 6.04 Å². The molecule has 0 saturated heterocycles. The first-order valence-corrected chi connectivity index (χ1v) is 4.86. The second-order valence-corrected chi connectivity index (χ2v) is 3.68. The smallest absolute Gasteiger partial charge is 0.125 e. The number of hydrogen-bond acceptors (Lipinski definition) is 4. The zero-order valence-electron chi connectivity index (χ0n) is 8.86. The van der Waals surface area contributed by atoms with Gasteiger partial charge in [-0.3, -0.25) is 0 Å². The number of methoxy groups -OCH3 is 2. The monoisotopic (exact) mass is 209 g/mol. The van der Waals surface area contributed by atoms with Gasteiger partial charge in [0.2, 0.25) is 0 Å². The maximum absolute atomic E-state index is 9.92. The molecule has 4 nitrogen and oxygen atoms in total. The molecule has 3 N–H and O–H groups in total. The normalized spacial score (nSPS) is 23.7. The number of aliphatic hydroxyl groups is 1. The van der Waals surface area contributed by atoms with Gasteiger partial charge in [0.05, 0.1) is 20.3 Å². The van der Waals surface area contributed by atoms with Crippen LogP contribution in [0.5, 0.6) is 11.5 Å². The minimum absolute atomic E-state index is 0.273. The van der Waals surface area contributed by atoms with Crippen molar-refractivity contribution in [2.75, 3.05) is 14.2 Å². The number of nitrogens with two attached hydrogens (primary N) is 1. The van der Waals surface area contributed by atoms with Crippen molar-refractivity contribution in [3.8, 4) is 11.5 Å². The van der Waals surface area contributed by atoms with E-state index in [9.17, 15) is 5.11 Å². The summed E-state index contributed by atoms with van der Waals surface area (Å²) in [6.07, 6.45) is -0.0401. The van der Waals surface area contributed by atoms with Gasteiger partial charge in [-0.1, -0.05) is 0 Å². The molecule has 0 heterocycles. The summed E-state index contributed by atoms with van der Waals surface area (Å²) in [5.74, 6) is 1.43. The van der Waals surface area contributed by atoms with Crippen molar-refractivity contribution >= 4 is 0 Å². The third-order valence-corrected chi connectivity index (χ3v) is 2.86. The molecular weight excluding hydrogens is 194 g/mol. The molecule has 0 aromatic heterocycles. The summed E-state index contributed by atoms with van der Waals surface area (Å²) in [4.78, 5) is 0. The molecule has 2 unspecified atom stereocenters. The van der Waals surface area contributed by atoms with Crippen LogP contribution in [0.15, 0.2) is 12.1 Å². The lowest BCUT2D eigenvalue weighted by atomic mass is 10.1. The molecule has 0 bridgehead atoms. The van der Waals surface area contributed by atoms with E-state index in [0.29, 0.717) is 12.2 Å². The van der Waals surface area contributed by atoms with Crippen molar-refractivity contribution in [1.82, 2.24) is 0 Å². The van der Waals surface area contributed by atoms with Gasteiger partial charge in [0.25, 0.3) is 0 Å². The van der Waals surface area contributed by atoms with Gasteiger partial charge < -0.3 is 20.3 Å². The largest absolute Gasteiger partial charge is 0.496 e. The first-order valence-electron chi connectivity index (χ1n) is 4.86. The molecule has 1 aromatic rings. The molecule has 82 valence electrons. The lowest BCUT2D eigenvalue weighted by molar-refractivity contribution is 0.156. The van der Waals surface area contributed by atoms with Gasteiger partial charge in [-0.15, -0.1) is 0 Å². The summed E-state index contributed by atoms with van der Waals surface area (Å²) in [7, 11) is 3.19. The zero-order chi connectivity index (χ0) is 11.0. The molecule has 15 heavy (non-hydrogen) atoms. The summed E-state index contributed by atoms with van der Waals surface area (Å²) in [5.41, 5.74) is 7.54. The molecule has 0 aliphatic heterocycles. The van der Waals surface area contributed by atoms with Gasteiger partial charge in [0.15, 0.2) is 0 Å². The number of ether oxygens (including phenoxy) is 2. The Labute approximate surface area is 88.6 Å². The van der Waals surface area contributed by atoms with E-state index < -0.39 is 6.10 Å². The highest BCUT2D eigenvalue weighted by atomic mass is 16.5. The maximum atomic E-state index is 9.92. The summed E-state index contributed by atoms with van der Waals surface area (Å²) in [5, 5.41) is 9.92. The predicted octanol–water partition coefficient (Wildman–Crippen LogP) is 0.621. The van der Waals surface area contributed by atoms with Crippen molar-refractivity contribution in [1.29, 1.82) is 0 Å². The Bertz CT molecular complexity index is 378. The molecule has 1 aliphatic carbocycles. The van der Waals surface area contributed by atoms with Crippen molar-refractivity contribution in [2.24, 2.45) is 5.73 Å². The Balaban J connectivity index is 2.57. The van der Waals surface area contributed by atoms with Crippen LogP contribution in [0.1, 0.15) is 17.2 Å². The number of hydrogen-bond donors (Lipinski definition) is 2. The SMILES string of the molecule is COc1ccc(OC)c2c1CC(N)C2O. The maximum Gasteiger partial charge on any atom is 0.125 e. The van der Waals surface area contributed by atoms with Gasteiger partial charge in [0, 0.05) is 17.2 Å². The fraction of sp³-hybridized carbons (Fsp3) is 0.455. The van der Waals surface area contributed by atoms with Crippen molar-refractivity contribution in [2.45, 2.75) is 18.6 Å². The van der Waals surface area contributed by atoms with Crippen LogP contribution < -0.4 is 15.2 Å². The zero-order valence-corrected chi connectivity index (χ0v) is 8.86. The van der Waals surface area contributed by atoms with Crippen molar-refractivity contribution in [3.05, 3.63) is 23.3 Å². The predicted molar refractivity (Wildman–Crippen MR) is 56.2 cm³/mol. The second-order valence-electron chi connectivity index (χ2n) is 3.68. The van der Waals surface area contributed by atoms with E-state index in [1.165, 1.54) is 0 Å². The molecule has 1 aliphatic rings. The average molecular weight is 209 g/mol. The van der Waals surface area contributed by atoms with Gasteiger partial charge in [-0.2, -0.15) is 0 Å². The molecule has 2 atom stereocenters. The third kappa shape index (κ3) is 1.46. The lowest BCUT2D eigenvalue weighted by Gasteiger charge is -2.13. The molecule has 4 heteroatoms. The van der Waals surface area contributed by atoms with E-state index in [0.717, 1.165) is 16.9 Å². The van der Waals surface area contributed by atoms with E-state index in [4.69, 9.17) is 15.2 Å². The van der Waals surface area contributed by atoms with Crippen molar-refractivity contribution < 1.29 is 14.6 Å². The van der Waals surface area contributed by atoms with Crippen LogP contribution in [0.4, 0.5) is 0 Å². The quantitative estimate of drug-likeness (QED) is 0.749. The molecule has 0 amide bonds. The van der Waals surface area contributed by atoms with Gasteiger partial charge >= 0.3 is 0 Å². The number of rotatable bonds is 2. The van der Waals surface area contributed by atoms with Crippen LogP contribution in [0, 0.1) is 0 Å². The Hall–Kier alpha value is -1.26. The Kier molecular flexibility index (Phi) is 2.54. The minimum Gasteiger partial charge on any atom is -0.496 e.